The molecule has 1 fully saturated rings. The molecule has 1 rings (SSSR count). The minimum absolute atomic E-state index is 0.149. The molecule has 0 radical (unpaired) electrons. The average molecular weight is 244 g/mol. The zero-order valence-corrected chi connectivity index (χ0v) is 11.7. The topological polar surface area (TPSA) is 33.7 Å². The first kappa shape index (κ1) is 14.9. The highest BCUT2D eigenvalue weighted by molar-refractivity contribution is 4.80. The Balaban J connectivity index is 2.25. The van der Waals surface area contributed by atoms with Crippen LogP contribution >= 0.6 is 0 Å². The Bertz CT molecular complexity index is 190. The van der Waals surface area contributed by atoms with Crippen molar-refractivity contribution in [2.24, 2.45) is 0 Å². The van der Waals surface area contributed by atoms with E-state index >= 15 is 0 Å². The molecule has 0 saturated carbocycles. The van der Waals surface area contributed by atoms with Crippen molar-refractivity contribution >= 4 is 0 Å². The van der Waals surface area contributed by atoms with E-state index in [0.29, 0.717) is 6.04 Å². The van der Waals surface area contributed by atoms with Crippen LogP contribution in [0.5, 0.6) is 0 Å². The quantitative estimate of drug-likeness (QED) is 0.687. The number of methoxy groups -OCH3 is 2. The van der Waals surface area contributed by atoms with E-state index in [4.69, 9.17) is 9.47 Å². The van der Waals surface area contributed by atoms with Crippen LogP contribution in [0.25, 0.3) is 0 Å². The second-order valence-electron chi connectivity index (χ2n) is 4.91. The van der Waals surface area contributed by atoms with Gasteiger partial charge < -0.3 is 19.7 Å². The van der Waals surface area contributed by atoms with Gasteiger partial charge in [0.2, 0.25) is 0 Å². The van der Waals surface area contributed by atoms with Crippen LogP contribution < -0.4 is 5.32 Å². The highest BCUT2D eigenvalue weighted by atomic mass is 16.7. The van der Waals surface area contributed by atoms with E-state index in [9.17, 15) is 0 Å². The maximum atomic E-state index is 5.27. The minimum Gasteiger partial charge on any atom is -0.354 e. The molecule has 4 heteroatoms. The summed E-state index contributed by atoms with van der Waals surface area (Å²) < 4.78 is 10.5. The van der Waals surface area contributed by atoms with E-state index in [-0.39, 0.29) is 12.3 Å². The van der Waals surface area contributed by atoms with Crippen LogP contribution in [-0.4, -0.2) is 57.1 Å². The molecule has 0 bridgehead atoms. The molecule has 0 amide bonds. The van der Waals surface area contributed by atoms with Crippen molar-refractivity contribution in [2.75, 3.05) is 33.9 Å². The van der Waals surface area contributed by atoms with Crippen molar-refractivity contribution in [2.45, 2.75) is 51.5 Å². The summed E-state index contributed by atoms with van der Waals surface area (Å²) in [6, 6.07) is 0.846. The van der Waals surface area contributed by atoms with Gasteiger partial charge in [-0.2, -0.15) is 0 Å². The lowest BCUT2D eigenvalue weighted by Crippen LogP contribution is -2.49. The molecule has 1 unspecified atom stereocenters. The maximum Gasteiger partial charge on any atom is 0.171 e. The number of nitrogens with one attached hydrogen (secondary N) is 1. The number of hydrogen-bond acceptors (Lipinski definition) is 4. The summed E-state index contributed by atoms with van der Waals surface area (Å²) in [5.41, 5.74) is 0. The molecule has 0 aromatic heterocycles. The first-order chi connectivity index (χ1) is 8.21. The summed E-state index contributed by atoms with van der Waals surface area (Å²) in [5, 5.41) is 3.61. The summed E-state index contributed by atoms with van der Waals surface area (Å²) in [6.45, 7) is 8.02. The lowest BCUT2D eigenvalue weighted by molar-refractivity contribution is -0.121. The number of hydrogen-bond donors (Lipinski definition) is 1. The van der Waals surface area contributed by atoms with Crippen LogP contribution in [-0.2, 0) is 9.47 Å². The molecule has 4 nitrogen and oxygen atoms in total. The molecule has 0 aliphatic carbocycles. The minimum atomic E-state index is -0.149. The van der Waals surface area contributed by atoms with Gasteiger partial charge in [0.1, 0.15) is 0 Å². The molecule has 0 aromatic carbocycles. The average Bonchev–Trinajstić information content (AvgIpc) is 2.33. The molecule has 0 spiro atoms. The third kappa shape index (κ3) is 4.92. The van der Waals surface area contributed by atoms with Gasteiger partial charge >= 0.3 is 0 Å². The third-order valence-corrected chi connectivity index (χ3v) is 3.50. The highest BCUT2D eigenvalue weighted by Gasteiger charge is 2.23. The van der Waals surface area contributed by atoms with Crippen molar-refractivity contribution in [1.29, 1.82) is 0 Å². The molecule has 1 aliphatic heterocycles. The van der Waals surface area contributed by atoms with E-state index in [1.54, 1.807) is 14.2 Å². The molecule has 1 N–H and O–H groups in total. The van der Waals surface area contributed by atoms with Crippen molar-refractivity contribution in [3.05, 3.63) is 0 Å². The van der Waals surface area contributed by atoms with Crippen molar-refractivity contribution < 1.29 is 9.47 Å². The first-order valence-electron chi connectivity index (χ1n) is 6.75. The fourth-order valence-electron chi connectivity index (χ4n) is 2.59. The van der Waals surface area contributed by atoms with Crippen LogP contribution in [0.2, 0.25) is 0 Å². The van der Waals surface area contributed by atoms with Gasteiger partial charge in [-0.1, -0.05) is 6.92 Å². The molecule has 1 heterocycles. The van der Waals surface area contributed by atoms with E-state index in [1.165, 1.54) is 38.9 Å². The monoisotopic (exact) mass is 244 g/mol. The lowest BCUT2D eigenvalue weighted by Gasteiger charge is -2.35. The van der Waals surface area contributed by atoms with E-state index in [1.807, 2.05) is 0 Å². The molecule has 1 atom stereocenters. The van der Waals surface area contributed by atoms with E-state index < -0.39 is 0 Å². The van der Waals surface area contributed by atoms with Crippen LogP contribution in [0, 0.1) is 0 Å². The van der Waals surface area contributed by atoms with Gasteiger partial charge in [0.25, 0.3) is 0 Å². The van der Waals surface area contributed by atoms with Gasteiger partial charge in [-0.15, -0.1) is 0 Å². The van der Waals surface area contributed by atoms with E-state index in [2.05, 4.69) is 24.1 Å². The summed E-state index contributed by atoms with van der Waals surface area (Å²) in [6.07, 6.45) is 3.56. The van der Waals surface area contributed by atoms with Crippen LogP contribution in [0.15, 0.2) is 0 Å². The first-order valence-corrected chi connectivity index (χ1v) is 6.75. The summed E-state index contributed by atoms with van der Waals surface area (Å²) in [7, 11) is 3.38. The zero-order chi connectivity index (χ0) is 12.7. The summed E-state index contributed by atoms with van der Waals surface area (Å²) >= 11 is 0. The number of ether oxygens (including phenoxy) is 2. The van der Waals surface area contributed by atoms with Crippen LogP contribution in [0.1, 0.15) is 33.1 Å². The largest absolute Gasteiger partial charge is 0.354 e. The van der Waals surface area contributed by atoms with Gasteiger partial charge in [-0.25, -0.2) is 0 Å². The second-order valence-corrected chi connectivity index (χ2v) is 4.91. The van der Waals surface area contributed by atoms with Gasteiger partial charge in [0.05, 0.1) is 6.04 Å². The fourth-order valence-corrected chi connectivity index (χ4v) is 2.59. The van der Waals surface area contributed by atoms with Gasteiger partial charge in [0.15, 0.2) is 6.29 Å². The zero-order valence-electron chi connectivity index (χ0n) is 11.7. The Kier molecular flexibility index (Phi) is 7.04. The molecule has 0 aromatic rings. The van der Waals surface area contributed by atoms with Crippen LogP contribution in [0.4, 0.5) is 0 Å². The Morgan fingerprint density at radius 3 is 2.29 bits per heavy atom. The Labute approximate surface area is 106 Å². The predicted molar refractivity (Wildman–Crippen MR) is 70.2 cm³/mol. The summed E-state index contributed by atoms with van der Waals surface area (Å²) in [4.78, 5) is 2.55. The molecule has 102 valence electrons. The summed E-state index contributed by atoms with van der Waals surface area (Å²) in [5.74, 6) is 0. The molecule has 1 aliphatic rings. The van der Waals surface area contributed by atoms with Gasteiger partial charge in [-0.05, 0) is 45.8 Å². The number of rotatable bonds is 7. The SMILES string of the molecule is CCCN1CCC(NC(C)C(OC)OC)CC1. The normalized spacial score (nSPS) is 21.0. The molecular weight excluding hydrogens is 216 g/mol. The Morgan fingerprint density at radius 2 is 1.82 bits per heavy atom. The third-order valence-electron chi connectivity index (χ3n) is 3.50. The molecule has 17 heavy (non-hydrogen) atoms. The van der Waals surface area contributed by atoms with Gasteiger partial charge in [-0.3, -0.25) is 0 Å². The molecule has 1 saturated heterocycles. The number of nitrogens with zero attached hydrogens (tertiary/aromatic N) is 1. The van der Waals surface area contributed by atoms with Crippen molar-refractivity contribution in [3.8, 4) is 0 Å². The maximum absolute atomic E-state index is 5.27. The van der Waals surface area contributed by atoms with Gasteiger partial charge in [0, 0.05) is 20.3 Å². The number of likely N-dealkylation sites (tertiary alicyclic amines) is 1. The van der Waals surface area contributed by atoms with Crippen molar-refractivity contribution in [1.82, 2.24) is 10.2 Å². The lowest BCUT2D eigenvalue weighted by atomic mass is 10.0. The Morgan fingerprint density at radius 1 is 1.24 bits per heavy atom. The molecular formula is C13H28N2O2. The fraction of sp³-hybridized carbons (Fsp3) is 1.00. The van der Waals surface area contributed by atoms with E-state index in [0.717, 1.165) is 0 Å². The highest BCUT2D eigenvalue weighted by Crippen LogP contribution is 2.12. The van der Waals surface area contributed by atoms with Crippen molar-refractivity contribution in [3.63, 3.8) is 0 Å². The Hall–Kier alpha value is -0.160. The second kappa shape index (κ2) is 8.03. The van der Waals surface area contributed by atoms with Crippen LogP contribution in [0.3, 0.4) is 0 Å². The smallest absolute Gasteiger partial charge is 0.171 e. The predicted octanol–water partition coefficient (Wildman–Crippen LogP) is 1.46. The standard InChI is InChI=1S/C13H28N2O2/c1-5-8-15-9-6-12(7-10-15)14-11(2)13(16-3)17-4/h11-14H,5-10H2,1-4H3. The number of piperidine rings is 1.